The van der Waals surface area contributed by atoms with Gasteiger partial charge < -0.3 is 10.6 Å². The van der Waals surface area contributed by atoms with Crippen LogP contribution >= 0.6 is 23.1 Å². The van der Waals surface area contributed by atoms with Crippen LogP contribution in [0.4, 0.5) is 5.82 Å². The molecule has 6 heteroatoms. The van der Waals surface area contributed by atoms with E-state index in [9.17, 15) is 0 Å². The molecule has 0 saturated carbocycles. The third kappa shape index (κ3) is 2.64. The number of thioether (sulfide) groups is 1. The quantitative estimate of drug-likeness (QED) is 0.534. The number of thiophene rings is 1. The molecule has 0 radical (unpaired) electrons. The van der Waals surface area contributed by atoms with Gasteiger partial charge in [-0.1, -0.05) is 25.1 Å². The Morgan fingerprint density at radius 3 is 3.05 bits per heavy atom. The van der Waals surface area contributed by atoms with Crippen molar-refractivity contribution in [1.29, 1.82) is 0 Å². The highest BCUT2D eigenvalue weighted by Crippen LogP contribution is 2.37. The number of nitrogens with two attached hydrogens (primary N) is 1. The maximum absolute atomic E-state index is 6.19. The molecule has 2 aromatic heterocycles. The molecular weight excluding hydrogens is 288 g/mol. The first-order valence-electron chi connectivity index (χ1n) is 7.08. The van der Waals surface area contributed by atoms with Crippen LogP contribution in [0.2, 0.25) is 0 Å². The normalized spacial score (nSPS) is 15.7. The van der Waals surface area contributed by atoms with Gasteiger partial charge in [-0.2, -0.15) is 0 Å². The van der Waals surface area contributed by atoms with E-state index < -0.39 is 0 Å². The summed E-state index contributed by atoms with van der Waals surface area (Å²) >= 11 is 3.50. The predicted octanol–water partition coefficient (Wildman–Crippen LogP) is 3.15. The van der Waals surface area contributed by atoms with Gasteiger partial charge in [0.15, 0.2) is 5.16 Å². The first-order valence-corrected chi connectivity index (χ1v) is 8.88. The highest BCUT2D eigenvalue weighted by Gasteiger charge is 2.22. The second-order valence-corrected chi connectivity index (χ2v) is 7.41. The van der Waals surface area contributed by atoms with Gasteiger partial charge in [-0.05, 0) is 25.5 Å². The van der Waals surface area contributed by atoms with Gasteiger partial charge in [0.05, 0.1) is 5.39 Å². The van der Waals surface area contributed by atoms with Crippen molar-refractivity contribution < 1.29 is 0 Å². The summed E-state index contributed by atoms with van der Waals surface area (Å²) in [7, 11) is 2.16. The first kappa shape index (κ1) is 14.1. The largest absolute Gasteiger partial charge is 0.383 e. The molecule has 0 spiro atoms. The molecule has 0 atom stereocenters. The fourth-order valence-electron chi connectivity index (χ4n) is 2.50. The van der Waals surface area contributed by atoms with Crippen LogP contribution in [0, 0.1) is 0 Å². The zero-order valence-corrected chi connectivity index (χ0v) is 13.6. The van der Waals surface area contributed by atoms with Crippen molar-refractivity contribution in [3.05, 3.63) is 10.4 Å². The number of rotatable bonds is 4. The van der Waals surface area contributed by atoms with Crippen LogP contribution in [0.5, 0.6) is 0 Å². The van der Waals surface area contributed by atoms with Crippen molar-refractivity contribution in [2.24, 2.45) is 0 Å². The number of nitrogen functional groups attached to an aromatic ring is 1. The van der Waals surface area contributed by atoms with Crippen molar-refractivity contribution in [3.63, 3.8) is 0 Å². The zero-order valence-electron chi connectivity index (χ0n) is 12.0. The zero-order chi connectivity index (χ0) is 14.1. The Labute approximate surface area is 127 Å². The highest BCUT2D eigenvalue weighted by molar-refractivity contribution is 7.99. The standard InChI is InChI=1S/C14H20N4S2/c1-3-4-7-19-14-16-12(15)11-9-5-6-18(2)8-10(9)20-13(11)17-14/h3-8H2,1-2H3,(H2,15,16,17). The molecule has 2 aromatic rings. The van der Waals surface area contributed by atoms with E-state index in [0.717, 1.165) is 40.6 Å². The summed E-state index contributed by atoms with van der Waals surface area (Å²) in [5.74, 6) is 1.73. The number of likely N-dealkylation sites (N-methyl/N-ethyl adjacent to an activating group) is 1. The van der Waals surface area contributed by atoms with Gasteiger partial charge in [-0.3, -0.25) is 0 Å². The van der Waals surface area contributed by atoms with Crippen LogP contribution in [-0.2, 0) is 13.0 Å². The lowest BCUT2D eigenvalue weighted by Crippen LogP contribution is -2.25. The highest BCUT2D eigenvalue weighted by atomic mass is 32.2. The van der Waals surface area contributed by atoms with E-state index in [2.05, 4.69) is 23.9 Å². The maximum Gasteiger partial charge on any atom is 0.190 e. The SMILES string of the molecule is CCCCSc1nc(N)c2c3c(sc2n1)CN(C)CC3. The van der Waals surface area contributed by atoms with Crippen LogP contribution in [0.25, 0.3) is 10.2 Å². The van der Waals surface area contributed by atoms with E-state index in [-0.39, 0.29) is 0 Å². The van der Waals surface area contributed by atoms with E-state index in [4.69, 9.17) is 10.7 Å². The molecule has 0 bridgehead atoms. The lowest BCUT2D eigenvalue weighted by molar-refractivity contribution is 0.318. The monoisotopic (exact) mass is 308 g/mol. The van der Waals surface area contributed by atoms with Crippen LogP contribution in [0.3, 0.4) is 0 Å². The second-order valence-electron chi connectivity index (χ2n) is 5.27. The summed E-state index contributed by atoms with van der Waals surface area (Å²) in [6, 6.07) is 0. The van der Waals surface area contributed by atoms with E-state index in [0.29, 0.717) is 5.82 Å². The molecule has 3 heterocycles. The average molecular weight is 308 g/mol. The maximum atomic E-state index is 6.19. The minimum Gasteiger partial charge on any atom is -0.383 e. The van der Waals surface area contributed by atoms with Gasteiger partial charge in [0.1, 0.15) is 10.6 Å². The van der Waals surface area contributed by atoms with E-state index in [1.54, 1.807) is 23.1 Å². The van der Waals surface area contributed by atoms with Gasteiger partial charge in [0.2, 0.25) is 0 Å². The van der Waals surface area contributed by atoms with Crippen LogP contribution in [0.1, 0.15) is 30.2 Å². The minimum atomic E-state index is 0.663. The number of unbranched alkanes of at least 4 members (excludes halogenated alkanes) is 1. The molecule has 3 rings (SSSR count). The smallest absolute Gasteiger partial charge is 0.190 e. The topological polar surface area (TPSA) is 55.0 Å². The van der Waals surface area contributed by atoms with Gasteiger partial charge in [-0.25, -0.2) is 9.97 Å². The van der Waals surface area contributed by atoms with E-state index in [1.165, 1.54) is 23.3 Å². The fourth-order valence-corrected chi connectivity index (χ4v) is 4.80. The van der Waals surface area contributed by atoms with Crippen molar-refractivity contribution >= 4 is 39.1 Å². The Morgan fingerprint density at radius 2 is 2.25 bits per heavy atom. The summed E-state index contributed by atoms with van der Waals surface area (Å²) in [6.07, 6.45) is 3.45. The van der Waals surface area contributed by atoms with Crippen molar-refractivity contribution in [3.8, 4) is 0 Å². The predicted molar refractivity (Wildman–Crippen MR) is 87.5 cm³/mol. The summed E-state index contributed by atoms with van der Waals surface area (Å²) < 4.78 is 0. The lowest BCUT2D eigenvalue weighted by atomic mass is 10.1. The molecule has 108 valence electrons. The summed E-state index contributed by atoms with van der Waals surface area (Å²) in [4.78, 5) is 14.0. The molecule has 1 aliphatic heterocycles. The molecule has 0 saturated heterocycles. The van der Waals surface area contributed by atoms with Gasteiger partial charge >= 0.3 is 0 Å². The number of aromatic nitrogens is 2. The van der Waals surface area contributed by atoms with Crippen molar-refractivity contribution in [1.82, 2.24) is 14.9 Å². The molecule has 0 aromatic carbocycles. The Morgan fingerprint density at radius 1 is 1.40 bits per heavy atom. The number of hydrogen-bond donors (Lipinski definition) is 1. The van der Waals surface area contributed by atoms with Gasteiger partial charge in [0, 0.05) is 23.7 Å². The number of nitrogens with zero attached hydrogens (tertiary/aromatic N) is 3. The fraction of sp³-hybridized carbons (Fsp3) is 0.571. The molecule has 2 N–H and O–H groups in total. The second kappa shape index (κ2) is 5.87. The van der Waals surface area contributed by atoms with Crippen LogP contribution in [0.15, 0.2) is 5.16 Å². The molecule has 0 unspecified atom stereocenters. The van der Waals surface area contributed by atoms with Crippen LogP contribution in [-0.4, -0.2) is 34.2 Å². The number of fused-ring (bicyclic) bond motifs is 3. The summed E-state index contributed by atoms with van der Waals surface area (Å²) in [6.45, 7) is 4.29. The third-order valence-corrected chi connectivity index (χ3v) is 5.67. The van der Waals surface area contributed by atoms with Crippen LogP contribution < -0.4 is 5.73 Å². The average Bonchev–Trinajstić information content (AvgIpc) is 2.76. The van der Waals surface area contributed by atoms with Crippen molar-refractivity contribution in [2.45, 2.75) is 37.9 Å². The van der Waals surface area contributed by atoms with Crippen molar-refractivity contribution in [2.75, 3.05) is 25.1 Å². The summed E-state index contributed by atoms with van der Waals surface area (Å²) in [5.41, 5.74) is 7.57. The Hall–Kier alpha value is -0.850. The van der Waals surface area contributed by atoms with Gasteiger partial charge in [-0.15, -0.1) is 11.3 Å². The number of anilines is 1. The molecule has 0 fully saturated rings. The molecular formula is C14H20N4S2. The molecule has 0 aliphatic carbocycles. The Kier molecular flexibility index (Phi) is 4.14. The molecule has 20 heavy (non-hydrogen) atoms. The number of hydrogen-bond acceptors (Lipinski definition) is 6. The Bertz CT molecular complexity index is 623. The molecule has 4 nitrogen and oxygen atoms in total. The summed E-state index contributed by atoms with van der Waals surface area (Å²) in [5, 5.41) is 1.94. The Balaban J connectivity index is 1.96. The van der Waals surface area contributed by atoms with Gasteiger partial charge in [0.25, 0.3) is 0 Å². The lowest BCUT2D eigenvalue weighted by Gasteiger charge is -2.22. The first-order chi connectivity index (χ1) is 9.69. The van der Waals surface area contributed by atoms with E-state index >= 15 is 0 Å². The van der Waals surface area contributed by atoms with E-state index in [1.807, 2.05) is 0 Å². The minimum absolute atomic E-state index is 0.663. The molecule has 1 aliphatic rings. The third-order valence-electron chi connectivity index (χ3n) is 3.63. The molecule has 0 amide bonds.